The molecular weight excluding hydrogens is 422 g/mol. The zero-order valence-electron chi connectivity index (χ0n) is 18.8. The van der Waals surface area contributed by atoms with Crippen molar-refractivity contribution in [3.63, 3.8) is 0 Å². The van der Waals surface area contributed by atoms with Gasteiger partial charge in [-0.05, 0) is 44.7 Å². The highest BCUT2D eigenvalue weighted by Crippen LogP contribution is 2.56. The first-order chi connectivity index (χ1) is 15.8. The van der Waals surface area contributed by atoms with E-state index in [0.29, 0.717) is 41.1 Å². The summed E-state index contributed by atoms with van der Waals surface area (Å²) in [6, 6.07) is 5.11. The molecule has 1 aromatic rings. The van der Waals surface area contributed by atoms with Crippen molar-refractivity contribution >= 4 is 23.4 Å². The molecule has 0 spiro atoms. The molecule has 1 aliphatic heterocycles. The van der Waals surface area contributed by atoms with Gasteiger partial charge in [0.05, 0.1) is 18.4 Å². The molecule has 4 aliphatic rings. The van der Waals surface area contributed by atoms with Gasteiger partial charge in [0.25, 0.3) is 0 Å². The Labute approximate surface area is 191 Å². The predicted octanol–water partition coefficient (Wildman–Crippen LogP) is 2.85. The van der Waals surface area contributed by atoms with E-state index in [2.05, 4.69) is 0 Å². The fraction of sp³-hybridized carbons (Fsp3) is 0.385. The number of rotatable bonds is 3. The van der Waals surface area contributed by atoms with E-state index in [1.807, 2.05) is 13.0 Å². The summed E-state index contributed by atoms with van der Waals surface area (Å²) in [4.78, 5) is 53.3. The highest BCUT2D eigenvalue weighted by molar-refractivity contribution is 6.23. The van der Waals surface area contributed by atoms with Gasteiger partial charge in [0.2, 0.25) is 11.8 Å². The first kappa shape index (κ1) is 21.4. The van der Waals surface area contributed by atoms with Crippen LogP contribution < -0.4 is 4.74 Å². The van der Waals surface area contributed by atoms with Gasteiger partial charge < -0.3 is 9.84 Å². The topological polar surface area (TPSA) is 101 Å². The quantitative estimate of drug-likeness (QED) is 0.434. The highest BCUT2D eigenvalue weighted by Gasteiger charge is 2.55. The number of benzene rings is 1. The number of hydrogen-bond acceptors (Lipinski definition) is 6. The molecule has 170 valence electrons. The second-order valence-electron chi connectivity index (χ2n) is 9.09. The SMILES string of the molecule is CCOc1cccc([C@H]2C3=CC[C@@H]4C(=O)N(C)C(=O)[C@@H]4[C@@H]3CC3=C2C(=O)C=C(C)C3=O)c1O. The van der Waals surface area contributed by atoms with E-state index in [4.69, 9.17) is 4.74 Å². The first-order valence-electron chi connectivity index (χ1n) is 11.2. The number of phenols is 1. The number of allylic oxidation sites excluding steroid dienone is 6. The molecule has 1 saturated heterocycles. The zero-order chi connectivity index (χ0) is 23.6. The summed E-state index contributed by atoms with van der Waals surface area (Å²) >= 11 is 0. The van der Waals surface area contributed by atoms with Crippen molar-refractivity contribution in [1.82, 2.24) is 4.90 Å². The van der Waals surface area contributed by atoms with Crippen LogP contribution in [0.3, 0.4) is 0 Å². The molecule has 1 heterocycles. The van der Waals surface area contributed by atoms with E-state index in [9.17, 15) is 24.3 Å². The van der Waals surface area contributed by atoms with E-state index >= 15 is 0 Å². The van der Waals surface area contributed by atoms with Crippen LogP contribution >= 0.6 is 0 Å². The summed E-state index contributed by atoms with van der Waals surface area (Å²) in [6.07, 6.45) is 3.89. The Morgan fingerprint density at radius 2 is 1.88 bits per heavy atom. The standard InChI is InChI=1S/C26H25NO6/c1-4-33-19-7-5-6-14(24(19)30)20-13-8-9-15-21(26(32)27(3)25(15)31)16(13)11-17-22(20)18(28)10-12(2)23(17)29/h5-8,10,15-16,20-21,30H,4,9,11H2,1-3H3/t15-,16+,20+,21-/m0/s1. The van der Waals surface area contributed by atoms with Crippen LogP contribution in [0.15, 0.2) is 52.6 Å². The lowest BCUT2D eigenvalue weighted by molar-refractivity contribution is -0.138. The number of likely N-dealkylation sites (tertiary alicyclic amines) is 1. The Hall–Kier alpha value is -3.48. The molecule has 1 aromatic carbocycles. The molecule has 0 radical (unpaired) electrons. The van der Waals surface area contributed by atoms with Crippen LogP contribution in [0.2, 0.25) is 0 Å². The van der Waals surface area contributed by atoms with Gasteiger partial charge in [-0.2, -0.15) is 0 Å². The Kier molecular flexibility index (Phi) is 4.88. The van der Waals surface area contributed by atoms with Crippen molar-refractivity contribution < 1.29 is 29.0 Å². The number of carbonyl (C=O) groups is 4. The molecule has 4 atom stereocenters. The number of para-hydroxylation sites is 1. The van der Waals surface area contributed by atoms with Gasteiger partial charge >= 0.3 is 0 Å². The fourth-order valence-corrected chi connectivity index (χ4v) is 5.94. The number of aromatic hydroxyl groups is 1. The number of hydrogen-bond donors (Lipinski definition) is 1. The van der Waals surface area contributed by atoms with Gasteiger partial charge in [-0.3, -0.25) is 24.1 Å². The molecule has 33 heavy (non-hydrogen) atoms. The second kappa shape index (κ2) is 7.54. The molecule has 7 heteroatoms. The maximum absolute atomic E-state index is 13.2. The molecule has 0 unspecified atom stereocenters. The summed E-state index contributed by atoms with van der Waals surface area (Å²) in [5, 5.41) is 11.1. The van der Waals surface area contributed by atoms with Gasteiger partial charge in [0.15, 0.2) is 23.1 Å². The van der Waals surface area contributed by atoms with Crippen LogP contribution in [0.1, 0.15) is 38.2 Å². The third kappa shape index (κ3) is 2.95. The van der Waals surface area contributed by atoms with Gasteiger partial charge in [-0.1, -0.05) is 23.8 Å². The number of amides is 2. The van der Waals surface area contributed by atoms with Crippen LogP contribution in [0.4, 0.5) is 0 Å². The van der Waals surface area contributed by atoms with Crippen LogP contribution in [-0.4, -0.2) is 47.0 Å². The average molecular weight is 447 g/mol. The van der Waals surface area contributed by atoms with Crippen LogP contribution in [0.5, 0.6) is 11.5 Å². The minimum Gasteiger partial charge on any atom is -0.504 e. The van der Waals surface area contributed by atoms with E-state index in [1.165, 1.54) is 18.0 Å². The van der Waals surface area contributed by atoms with E-state index in [-0.39, 0.29) is 35.6 Å². The van der Waals surface area contributed by atoms with Crippen molar-refractivity contribution in [2.75, 3.05) is 13.7 Å². The Bertz CT molecular complexity index is 1220. The molecule has 1 N–H and O–H groups in total. The fourth-order valence-electron chi connectivity index (χ4n) is 5.94. The third-order valence-corrected chi connectivity index (χ3v) is 7.42. The summed E-state index contributed by atoms with van der Waals surface area (Å²) in [6.45, 7) is 3.77. The molecule has 0 aromatic heterocycles. The molecule has 2 amide bonds. The van der Waals surface area contributed by atoms with Gasteiger partial charge in [-0.15, -0.1) is 0 Å². The summed E-state index contributed by atoms with van der Waals surface area (Å²) in [5.41, 5.74) is 2.35. The monoisotopic (exact) mass is 447 g/mol. The minimum atomic E-state index is -0.685. The van der Waals surface area contributed by atoms with Crippen molar-refractivity contribution in [2.24, 2.45) is 17.8 Å². The van der Waals surface area contributed by atoms with Gasteiger partial charge in [0, 0.05) is 35.2 Å². The number of imide groups is 1. The zero-order valence-corrected chi connectivity index (χ0v) is 18.8. The Morgan fingerprint density at radius 1 is 1.12 bits per heavy atom. The summed E-state index contributed by atoms with van der Waals surface area (Å²) < 4.78 is 5.56. The number of ether oxygens (including phenoxy) is 1. The molecule has 5 rings (SSSR count). The largest absolute Gasteiger partial charge is 0.504 e. The van der Waals surface area contributed by atoms with E-state index in [1.54, 1.807) is 25.1 Å². The normalized spacial score (nSPS) is 28.9. The average Bonchev–Trinajstić information content (AvgIpc) is 3.02. The number of fused-ring (bicyclic) bond motifs is 3. The summed E-state index contributed by atoms with van der Waals surface area (Å²) in [7, 11) is 1.49. The lowest BCUT2D eigenvalue weighted by Crippen LogP contribution is -2.39. The van der Waals surface area contributed by atoms with Crippen molar-refractivity contribution in [2.45, 2.75) is 32.6 Å². The van der Waals surface area contributed by atoms with Crippen molar-refractivity contribution in [1.29, 1.82) is 0 Å². The lowest BCUT2D eigenvalue weighted by atomic mass is 9.59. The van der Waals surface area contributed by atoms with E-state index in [0.717, 1.165) is 5.57 Å². The first-order valence-corrected chi connectivity index (χ1v) is 11.2. The molecular formula is C26H25NO6. The van der Waals surface area contributed by atoms with Crippen LogP contribution in [0.25, 0.3) is 0 Å². The molecule has 1 fully saturated rings. The molecule has 0 saturated carbocycles. The van der Waals surface area contributed by atoms with Crippen LogP contribution in [-0.2, 0) is 19.2 Å². The van der Waals surface area contributed by atoms with Crippen molar-refractivity contribution in [3.8, 4) is 11.5 Å². The van der Waals surface area contributed by atoms with Crippen molar-refractivity contribution in [3.05, 3.63) is 58.2 Å². The highest BCUT2D eigenvalue weighted by atomic mass is 16.5. The number of phenolic OH excluding ortho intramolecular Hbond substituents is 1. The Balaban J connectivity index is 1.73. The maximum atomic E-state index is 13.2. The maximum Gasteiger partial charge on any atom is 0.233 e. The van der Waals surface area contributed by atoms with Gasteiger partial charge in [-0.25, -0.2) is 0 Å². The second-order valence-corrected chi connectivity index (χ2v) is 9.09. The lowest BCUT2D eigenvalue weighted by Gasteiger charge is -2.42. The number of nitrogens with zero attached hydrogens (tertiary/aromatic N) is 1. The number of carbonyl (C=O) groups excluding carboxylic acids is 4. The number of ketones is 2. The van der Waals surface area contributed by atoms with E-state index < -0.39 is 23.7 Å². The Morgan fingerprint density at radius 3 is 2.61 bits per heavy atom. The molecule has 7 nitrogen and oxygen atoms in total. The van der Waals surface area contributed by atoms with Crippen LogP contribution in [0, 0.1) is 17.8 Å². The molecule has 3 aliphatic carbocycles. The third-order valence-electron chi connectivity index (χ3n) is 7.42. The van der Waals surface area contributed by atoms with Gasteiger partial charge in [0.1, 0.15) is 0 Å². The summed E-state index contributed by atoms with van der Waals surface area (Å²) in [5.74, 6) is -2.86. The molecule has 0 bridgehead atoms. The number of Topliss-reactive ketones (excluding diaryl/α,β-unsaturated/α-hetero) is 1. The smallest absolute Gasteiger partial charge is 0.233 e. The predicted molar refractivity (Wildman–Crippen MR) is 118 cm³/mol. The minimum absolute atomic E-state index is 0.0858.